The van der Waals surface area contributed by atoms with Crippen LogP contribution in [0.3, 0.4) is 0 Å². The van der Waals surface area contributed by atoms with Gasteiger partial charge in [0.1, 0.15) is 13.2 Å². The first-order chi connectivity index (χ1) is 41.0. The Morgan fingerprint density at radius 3 is 0.735 bits per heavy atom. The molecule has 474 valence electrons. The Morgan fingerprint density at radius 2 is 0.470 bits per heavy atom. The molecule has 0 aromatic heterocycles. The quantitative estimate of drug-likeness (QED) is 0.0261. The molecule has 0 aromatic rings. The van der Waals surface area contributed by atoms with Crippen molar-refractivity contribution in [2.24, 2.45) is 0 Å². The molecule has 1 unspecified atom stereocenters. The van der Waals surface area contributed by atoms with E-state index in [9.17, 15) is 14.4 Å². The second-order valence-electron chi connectivity index (χ2n) is 23.0. The second-order valence-corrected chi connectivity index (χ2v) is 23.0. The van der Waals surface area contributed by atoms with E-state index in [0.29, 0.717) is 19.3 Å². The van der Waals surface area contributed by atoms with Crippen LogP contribution in [-0.4, -0.2) is 37.2 Å². The summed E-state index contributed by atoms with van der Waals surface area (Å²) in [5.41, 5.74) is 0. The number of rotatable bonds is 63. The summed E-state index contributed by atoms with van der Waals surface area (Å²) in [7, 11) is 0. The van der Waals surface area contributed by atoms with Crippen molar-refractivity contribution in [3.63, 3.8) is 0 Å². The summed E-state index contributed by atoms with van der Waals surface area (Å²) in [5.74, 6) is -0.895. The lowest BCUT2D eigenvalue weighted by molar-refractivity contribution is -0.167. The molecular weight excluding hydrogens is 1020 g/mol. The number of unbranched alkanes of at least 4 members (excludes halogenated alkanes) is 32. The molecule has 0 bridgehead atoms. The van der Waals surface area contributed by atoms with Gasteiger partial charge < -0.3 is 14.2 Å². The van der Waals surface area contributed by atoms with Gasteiger partial charge in [0.05, 0.1) is 0 Å². The molecule has 0 N–H and O–H groups in total. The zero-order valence-corrected chi connectivity index (χ0v) is 54.4. The predicted octanol–water partition coefficient (Wildman–Crippen LogP) is 24.3. The number of esters is 3. The summed E-state index contributed by atoms with van der Waals surface area (Å²) in [6.07, 6.45) is 97.8. The zero-order valence-electron chi connectivity index (χ0n) is 54.4. The van der Waals surface area contributed by atoms with Gasteiger partial charge in [-0.3, -0.25) is 14.4 Å². The lowest BCUT2D eigenvalue weighted by Crippen LogP contribution is -2.30. The van der Waals surface area contributed by atoms with Gasteiger partial charge in [0.15, 0.2) is 6.10 Å². The first kappa shape index (κ1) is 78.8. The van der Waals surface area contributed by atoms with Crippen LogP contribution < -0.4 is 0 Å². The molecule has 0 saturated heterocycles. The Balaban J connectivity index is 4.40. The molecule has 6 heteroatoms. The third kappa shape index (κ3) is 68.5. The van der Waals surface area contributed by atoms with Crippen LogP contribution in [0.15, 0.2) is 122 Å². The lowest BCUT2D eigenvalue weighted by Gasteiger charge is -2.18. The minimum atomic E-state index is -0.793. The van der Waals surface area contributed by atoms with Gasteiger partial charge in [-0.1, -0.05) is 322 Å². The fraction of sp³-hybridized carbons (Fsp3) is 0.701. The summed E-state index contributed by atoms with van der Waals surface area (Å²) in [6, 6.07) is 0. The molecule has 0 radical (unpaired) electrons. The van der Waals surface area contributed by atoms with Crippen molar-refractivity contribution in [3.8, 4) is 0 Å². The average Bonchev–Trinajstić information content (AvgIpc) is 3.50. The largest absolute Gasteiger partial charge is 0.462 e. The van der Waals surface area contributed by atoms with Crippen molar-refractivity contribution in [3.05, 3.63) is 122 Å². The molecule has 0 aliphatic carbocycles. The highest BCUT2D eigenvalue weighted by atomic mass is 16.6. The smallest absolute Gasteiger partial charge is 0.306 e. The standard InChI is InChI=1S/C77H130O6/c1-4-7-10-13-16-19-22-25-28-31-34-35-36-37-38-39-40-41-44-46-49-52-55-58-61-64-67-70-76(79)82-73-74(83-77(80)71-68-65-62-59-56-53-50-47-43-33-30-27-24-21-18-15-12-9-6-3)72-81-75(78)69-66-63-60-57-54-51-48-45-42-32-29-26-23-20-17-14-11-8-5-2/h7,9-10,12,16,18-19,21,25,27-28,30,34-35,37-38,40-41,43,47,74H,4-6,8,11,13-15,17,20,22-24,26,29,31-33,36,39,42,44-46,48-73H2,1-3H3/b10-7-,12-9-,19-16-,21-18-,28-25-,30-27-,35-34-,38-37-,41-40-,47-43-. The van der Waals surface area contributed by atoms with E-state index in [-0.39, 0.29) is 31.1 Å². The van der Waals surface area contributed by atoms with Crippen molar-refractivity contribution < 1.29 is 28.6 Å². The summed E-state index contributed by atoms with van der Waals surface area (Å²) in [5, 5.41) is 0. The van der Waals surface area contributed by atoms with Crippen molar-refractivity contribution >= 4 is 17.9 Å². The molecule has 6 nitrogen and oxygen atoms in total. The number of hydrogen-bond acceptors (Lipinski definition) is 6. The summed E-state index contributed by atoms with van der Waals surface area (Å²) in [6.45, 7) is 6.43. The highest BCUT2D eigenvalue weighted by Gasteiger charge is 2.19. The Kier molecular flexibility index (Phi) is 66.7. The van der Waals surface area contributed by atoms with E-state index in [2.05, 4.69) is 142 Å². The maximum atomic E-state index is 13.0. The fourth-order valence-corrected chi connectivity index (χ4v) is 9.79. The first-order valence-electron chi connectivity index (χ1n) is 35.0. The zero-order chi connectivity index (χ0) is 59.9. The van der Waals surface area contributed by atoms with Gasteiger partial charge in [0.25, 0.3) is 0 Å². The van der Waals surface area contributed by atoms with Crippen LogP contribution in [0.4, 0.5) is 0 Å². The molecule has 0 saturated carbocycles. The van der Waals surface area contributed by atoms with Crippen LogP contribution in [0.25, 0.3) is 0 Å². The van der Waals surface area contributed by atoms with Gasteiger partial charge in [-0.15, -0.1) is 0 Å². The van der Waals surface area contributed by atoms with Crippen LogP contribution in [0.2, 0.25) is 0 Å². The molecule has 83 heavy (non-hydrogen) atoms. The summed E-state index contributed by atoms with van der Waals surface area (Å²) in [4.78, 5) is 38.5. The first-order valence-corrected chi connectivity index (χ1v) is 35.0. The van der Waals surface area contributed by atoms with E-state index in [1.54, 1.807) is 0 Å². The van der Waals surface area contributed by atoms with Crippen LogP contribution in [-0.2, 0) is 28.6 Å². The molecule has 0 amide bonds. The fourth-order valence-electron chi connectivity index (χ4n) is 9.79. The van der Waals surface area contributed by atoms with E-state index in [1.807, 2.05) is 0 Å². The van der Waals surface area contributed by atoms with Gasteiger partial charge in [-0.25, -0.2) is 0 Å². The SMILES string of the molecule is CC/C=C\C/C=C\C/C=C\C/C=C\C/C=C\C/C=C\CCCCCCCCCCC(=O)OCC(COC(=O)CCCCCCCCCCCCCCCCCCCCC)OC(=O)CCCCCCCC/C=C\C/C=C\C/C=C\C/C=C\CC. The van der Waals surface area contributed by atoms with E-state index >= 15 is 0 Å². The van der Waals surface area contributed by atoms with Crippen molar-refractivity contribution in [1.82, 2.24) is 0 Å². The second kappa shape index (κ2) is 70.3. The third-order valence-electron chi connectivity index (χ3n) is 15.0. The number of carbonyl (C=O) groups is 3. The number of carbonyl (C=O) groups excluding carboxylic acids is 3. The van der Waals surface area contributed by atoms with Crippen molar-refractivity contribution in [1.29, 1.82) is 0 Å². The van der Waals surface area contributed by atoms with Crippen molar-refractivity contribution in [2.75, 3.05) is 13.2 Å². The monoisotopic (exact) mass is 1150 g/mol. The minimum Gasteiger partial charge on any atom is -0.462 e. The Hall–Kier alpha value is -4.19. The van der Waals surface area contributed by atoms with Crippen LogP contribution >= 0.6 is 0 Å². The topological polar surface area (TPSA) is 78.9 Å². The molecule has 0 rings (SSSR count). The summed E-state index contributed by atoms with van der Waals surface area (Å²) >= 11 is 0. The normalized spacial score (nSPS) is 12.9. The van der Waals surface area contributed by atoms with Gasteiger partial charge >= 0.3 is 17.9 Å². The highest BCUT2D eigenvalue weighted by molar-refractivity contribution is 5.71. The Labute approximate surface area is 513 Å². The van der Waals surface area contributed by atoms with E-state index in [4.69, 9.17) is 14.2 Å². The predicted molar refractivity (Wildman–Crippen MR) is 362 cm³/mol. The van der Waals surface area contributed by atoms with Gasteiger partial charge in [-0.2, -0.15) is 0 Å². The molecule has 0 spiro atoms. The molecule has 0 aliphatic rings. The number of hydrogen-bond donors (Lipinski definition) is 0. The lowest BCUT2D eigenvalue weighted by atomic mass is 10.0. The van der Waals surface area contributed by atoms with E-state index < -0.39 is 6.10 Å². The van der Waals surface area contributed by atoms with Crippen molar-refractivity contribution in [2.45, 2.75) is 335 Å². The Morgan fingerprint density at radius 1 is 0.253 bits per heavy atom. The Bertz CT molecular complexity index is 1700. The maximum absolute atomic E-state index is 13.0. The van der Waals surface area contributed by atoms with Crippen LogP contribution in [0.5, 0.6) is 0 Å². The molecule has 0 aromatic carbocycles. The molecule has 1 atom stereocenters. The van der Waals surface area contributed by atoms with Gasteiger partial charge in [0.2, 0.25) is 0 Å². The number of ether oxygens (including phenoxy) is 3. The summed E-state index contributed by atoms with van der Waals surface area (Å²) < 4.78 is 17.0. The average molecular weight is 1150 g/mol. The van der Waals surface area contributed by atoms with Crippen LogP contribution in [0, 0.1) is 0 Å². The third-order valence-corrected chi connectivity index (χ3v) is 15.0. The van der Waals surface area contributed by atoms with Gasteiger partial charge in [-0.05, 0) is 109 Å². The highest BCUT2D eigenvalue weighted by Crippen LogP contribution is 2.17. The van der Waals surface area contributed by atoms with Gasteiger partial charge in [0, 0.05) is 19.3 Å². The van der Waals surface area contributed by atoms with Crippen LogP contribution in [0.1, 0.15) is 329 Å². The minimum absolute atomic E-state index is 0.0857. The van der Waals surface area contributed by atoms with E-state index in [1.165, 1.54) is 148 Å². The molecule has 0 aliphatic heterocycles. The molecular formula is C77H130O6. The maximum Gasteiger partial charge on any atom is 0.306 e. The molecule has 0 fully saturated rings. The number of allylic oxidation sites excluding steroid dienone is 20. The molecule has 0 heterocycles. The van der Waals surface area contributed by atoms with E-state index in [0.717, 1.165) is 141 Å².